The molecule has 1 radical (unpaired) electrons. The summed E-state index contributed by atoms with van der Waals surface area (Å²) in [5, 5.41) is 17.0. The van der Waals surface area contributed by atoms with Crippen molar-refractivity contribution >= 4 is 25.3 Å². The van der Waals surface area contributed by atoms with E-state index in [0.29, 0.717) is 7.69 Å². The summed E-state index contributed by atoms with van der Waals surface area (Å²) >= 11 is 5.63. The number of hydrogen-bond donors (Lipinski definition) is 2. The van der Waals surface area contributed by atoms with Gasteiger partial charge in [0, 0.05) is 0 Å². The van der Waals surface area contributed by atoms with Crippen LogP contribution >= 0.6 is 11.6 Å². The molecule has 0 aliphatic carbocycles. The van der Waals surface area contributed by atoms with Gasteiger partial charge in [-0.2, -0.15) is 0 Å². The molecule has 1 aromatic carbocycles. The van der Waals surface area contributed by atoms with E-state index in [4.69, 9.17) is 21.7 Å². The SMILES string of the molecule is O=C(O)c1ccc(O[B]O)c(Cl)c1. The van der Waals surface area contributed by atoms with Crippen molar-refractivity contribution in [1.29, 1.82) is 0 Å². The Morgan fingerprint density at radius 3 is 2.69 bits per heavy atom. The highest BCUT2D eigenvalue weighted by Gasteiger charge is 2.07. The molecule has 0 heterocycles. The number of halogens is 1. The second-order valence-electron chi connectivity index (χ2n) is 2.17. The minimum Gasteiger partial charge on any atom is -0.536 e. The summed E-state index contributed by atoms with van der Waals surface area (Å²) in [5.41, 5.74) is 0.0651. The molecular weight excluding hydrogens is 194 g/mol. The summed E-state index contributed by atoms with van der Waals surface area (Å²) in [4.78, 5) is 10.5. The van der Waals surface area contributed by atoms with Gasteiger partial charge in [-0.25, -0.2) is 4.79 Å². The first kappa shape index (κ1) is 9.89. The Balaban J connectivity index is 2.98. The highest BCUT2D eigenvalue weighted by atomic mass is 35.5. The van der Waals surface area contributed by atoms with Gasteiger partial charge in [0.15, 0.2) is 0 Å². The summed E-state index contributed by atoms with van der Waals surface area (Å²) in [6, 6.07) is 3.92. The van der Waals surface area contributed by atoms with E-state index in [2.05, 4.69) is 4.65 Å². The van der Waals surface area contributed by atoms with Crippen LogP contribution in [0.25, 0.3) is 0 Å². The van der Waals surface area contributed by atoms with E-state index < -0.39 is 5.97 Å². The number of hydrogen-bond acceptors (Lipinski definition) is 3. The van der Waals surface area contributed by atoms with Gasteiger partial charge in [-0.15, -0.1) is 0 Å². The Hall–Kier alpha value is -1.20. The van der Waals surface area contributed by atoms with Crippen molar-refractivity contribution in [3.05, 3.63) is 28.8 Å². The van der Waals surface area contributed by atoms with Gasteiger partial charge < -0.3 is 14.8 Å². The second-order valence-corrected chi connectivity index (χ2v) is 2.58. The van der Waals surface area contributed by atoms with Crippen molar-refractivity contribution in [2.45, 2.75) is 0 Å². The summed E-state index contributed by atoms with van der Waals surface area (Å²) in [5.74, 6) is -0.865. The number of carboxylic acids is 1. The van der Waals surface area contributed by atoms with Gasteiger partial charge >= 0.3 is 13.7 Å². The molecule has 1 aromatic rings. The van der Waals surface area contributed by atoms with E-state index in [1.165, 1.54) is 18.2 Å². The standard InChI is InChI=1S/C7H5BClO4/c9-5-3-4(7(10)11)1-2-6(5)13-8-12/h1-3,12H,(H,10,11). The molecule has 67 valence electrons. The van der Waals surface area contributed by atoms with Gasteiger partial charge in [0.25, 0.3) is 0 Å². The molecule has 4 nitrogen and oxygen atoms in total. The van der Waals surface area contributed by atoms with Crippen LogP contribution in [-0.2, 0) is 0 Å². The van der Waals surface area contributed by atoms with E-state index >= 15 is 0 Å². The fourth-order valence-electron chi connectivity index (χ4n) is 0.786. The lowest BCUT2D eigenvalue weighted by molar-refractivity contribution is 0.0697. The number of rotatable bonds is 3. The highest BCUT2D eigenvalue weighted by Crippen LogP contribution is 2.24. The van der Waals surface area contributed by atoms with Crippen LogP contribution in [0.2, 0.25) is 5.02 Å². The largest absolute Gasteiger partial charge is 0.569 e. The Kier molecular flexibility index (Phi) is 3.16. The van der Waals surface area contributed by atoms with Crippen LogP contribution in [0.3, 0.4) is 0 Å². The van der Waals surface area contributed by atoms with Crippen LogP contribution in [0, 0.1) is 0 Å². The third kappa shape index (κ3) is 2.37. The second kappa shape index (κ2) is 4.16. The van der Waals surface area contributed by atoms with E-state index in [0.717, 1.165) is 0 Å². The molecule has 0 amide bonds. The van der Waals surface area contributed by atoms with Crippen molar-refractivity contribution in [2.24, 2.45) is 0 Å². The quantitative estimate of drug-likeness (QED) is 0.711. The van der Waals surface area contributed by atoms with Crippen molar-refractivity contribution < 1.29 is 19.6 Å². The van der Waals surface area contributed by atoms with Gasteiger partial charge in [-0.05, 0) is 18.2 Å². The van der Waals surface area contributed by atoms with E-state index in [1.54, 1.807) is 0 Å². The predicted molar refractivity (Wildman–Crippen MR) is 47.0 cm³/mol. The molecular formula is C7H5BClO4. The van der Waals surface area contributed by atoms with Gasteiger partial charge in [-0.1, -0.05) is 11.6 Å². The molecule has 0 bridgehead atoms. The smallest absolute Gasteiger partial charge is 0.536 e. The number of carboxylic acid groups (broad SMARTS) is 1. The van der Waals surface area contributed by atoms with E-state index in [9.17, 15) is 4.79 Å². The average Bonchev–Trinajstić information content (AvgIpc) is 2.08. The lowest BCUT2D eigenvalue weighted by Gasteiger charge is -2.04. The molecule has 0 fully saturated rings. The normalized spacial score (nSPS) is 9.38. The lowest BCUT2D eigenvalue weighted by Crippen LogP contribution is -2.02. The minimum atomic E-state index is -1.07. The molecule has 0 aliphatic heterocycles. The van der Waals surface area contributed by atoms with Crippen molar-refractivity contribution in [3.8, 4) is 5.75 Å². The summed E-state index contributed by atoms with van der Waals surface area (Å²) < 4.78 is 4.58. The molecule has 0 spiro atoms. The fraction of sp³-hybridized carbons (Fsp3) is 0. The molecule has 0 unspecified atom stereocenters. The van der Waals surface area contributed by atoms with Crippen molar-refractivity contribution in [3.63, 3.8) is 0 Å². The molecule has 0 atom stereocenters. The maximum absolute atomic E-state index is 10.5. The first-order valence-corrected chi connectivity index (χ1v) is 3.68. The highest BCUT2D eigenvalue weighted by molar-refractivity contribution is 6.33. The Morgan fingerprint density at radius 2 is 2.23 bits per heavy atom. The summed E-state index contributed by atoms with van der Waals surface area (Å²) in [7, 11) is 0.474. The van der Waals surface area contributed by atoms with Crippen LogP contribution in [0.5, 0.6) is 5.75 Å². The maximum Gasteiger partial charge on any atom is 0.569 e. The third-order valence-corrected chi connectivity index (χ3v) is 1.65. The van der Waals surface area contributed by atoms with Gasteiger partial charge in [0.1, 0.15) is 5.75 Å². The molecule has 0 aliphatic rings. The number of aromatic carboxylic acids is 1. The van der Waals surface area contributed by atoms with Gasteiger partial charge in [0.05, 0.1) is 10.6 Å². The van der Waals surface area contributed by atoms with Gasteiger partial charge in [-0.3, -0.25) is 0 Å². The number of carbonyl (C=O) groups is 1. The minimum absolute atomic E-state index is 0.0651. The Bertz CT molecular complexity index is 328. The van der Waals surface area contributed by atoms with Crippen molar-refractivity contribution in [1.82, 2.24) is 0 Å². The third-order valence-electron chi connectivity index (χ3n) is 1.36. The van der Waals surface area contributed by atoms with Crippen LogP contribution in [0.4, 0.5) is 0 Å². The predicted octanol–water partition coefficient (Wildman–Crippen LogP) is 0.943. The zero-order valence-corrected chi connectivity index (χ0v) is 7.15. The average molecular weight is 199 g/mol. The topological polar surface area (TPSA) is 66.8 Å². The first-order chi connectivity index (χ1) is 6.15. The summed E-state index contributed by atoms with van der Waals surface area (Å²) in [6.45, 7) is 0. The van der Waals surface area contributed by atoms with Crippen molar-refractivity contribution in [2.75, 3.05) is 0 Å². The van der Waals surface area contributed by atoms with E-state index in [-0.39, 0.29) is 16.3 Å². The van der Waals surface area contributed by atoms with E-state index in [1.807, 2.05) is 0 Å². The Labute approximate surface area is 80.0 Å². The lowest BCUT2D eigenvalue weighted by atomic mass is 10.2. The molecule has 0 aromatic heterocycles. The Morgan fingerprint density at radius 1 is 1.54 bits per heavy atom. The number of benzene rings is 1. The van der Waals surface area contributed by atoms with Crippen LogP contribution in [-0.4, -0.2) is 23.8 Å². The zero-order valence-electron chi connectivity index (χ0n) is 6.40. The van der Waals surface area contributed by atoms with Crippen LogP contribution in [0.1, 0.15) is 10.4 Å². The van der Waals surface area contributed by atoms with Crippen LogP contribution in [0.15, 0.2) is 18.2 Å². The molecule has 0 saturated carbocycles. The maximum atomic E-state index is 10.5. The van der Waals surface area contributed by atoms with Gasteiger partial charge in [0.2, 0.25) is 0 Å². The molecule has 2 N–H and O–H groups in total. The van der Waals surface area contributed by atoms with Crippen LogP contribution < -0.4 is 4.65 Å². The zero-order chi connectivity index (χ0) is 9.84. The monoisotopic (exact) mass is 199 g/mol. The molecule has 1 rings (SSSR count). The molecule has 0 saturated heterocycles. The molecule has 6 heteroatoms. The first-order valence-electron chi connectivity index (χ1n) is 3.30. The fourth-order valence-corrected chi connectivity index (χ4v) is 1.01. The summed E-state index contributed by atoms with van der Waals surface area (Å²) in [6.07, 6.45) is 0. The molecule has 13 heavy (non-hydrogen) atoms.